The lowest BCUT2D eigenvalue weighted by Crippen LogP contribution is -2.18. The van der Waals surface area contributed by atoms with Crippen molar-refractivity contribution in [2.45, 2.75) is 33.1 Å². The summed E-state index contributed by atoms with van der Waals surface area (Å²) in [6.45, 7) is 8.92. The van der Waals surface area contributed by atoms with E-state index in [1.807, 2.05) is 12.1 Å². The standard InChI is InChI=1S/C24H28O2/c1-17-6-11-23(16-18(17)2)26-22-14-9-20(10-15-22)24(3,4)19-7-12-21(25-5)13-8-19/h6-18H,1-5H3. The molecule has 2 heteroatoms. The van der Waals surface area contributed by atoms with Gasteiger partial charge in [-0.2, -0.15) is 0 Å². The first-order valence-electron chi connectivity index (χ1n) is 9.23. The number of ether oxygens (including phenoxy) is 2. The molecule has 2 nitrogen and oxygen atoms in total. The van der Waals surface area contributed by atoms with Crippen LogP contribution in [0.4, 0.5) is 0 Å². The average Bonchev–Trinajstić information content (AvgIpc) is 2.65. The molecule has 0 spiro atoms. The number of allylic oxidation sites excluding steroid dienone is 3. The van der Waals surface area contributed by atoms with Crippen molar-refractivity contribution in [1.82, 2.24) is 0 Å². The molecule has 0 saturated carbocycles. The molecule has 136 valence electrons. The summed E-state index contributed by atoms with van der Waals surface area (Å²) in [7, 11) is 1.69. The van der Waals surface area contributed by atoms with Crippen molar-refractivity contribution < 1.29 is 9.47 Å². The Morgan fingerprint density at radius 1 is 0.769 bits per heavy atom. The van der Waals surface area contributed by atoms with Gasteiger partial charge in [0.15, 0.2) is 0 Å². The molecule has 0 amide bonds. The minimum atomic E-state index is -0.0846. The molecular formula is C24H28O2. The van der Waals surface area contributed by atoms with Gasteiger partial charge >= 0.3 is 0 Å². The first kappa shape index (κ1) is 18.3. The minimum absolute atomic E-state index is 0.0846. The maximum Gasteiger partial charge on any atom is 0.127 e. The molecule has 3 rings (SSSR count). The normalized spacial score (nSPS) is 19.8. The zero-order chi connectivity index (χ0) is 18.7. The Hall–Kier alpha value is -2.48. The number of hydrogen-bond acceptors (Lipinski definition) is 2. The molecule has 0 N–H and O–H groups in total. The van der Waals surface area contributed by atoms with E-state index < -0.39 is 0 Å². The topological polar surface area (TPSA) is 18.5 Å². The highest BCUT2D eigenvalue weighted by Crippen LogP contribution is 2.34. The summed E-state index contributed by atoms with van der Waals surface area (Å²) in [5, 5.41) is 0. The van der Waals surface area contributed by atoms with Crippen molar-refractivity contribution in [2.24, 2.45) is 11.8 Å². The second kappa shape index (κ2) is 7.41. The Morgan fingerprint density at radius 2 is 1.31 bits per heavy atom. The molecule has 2 aromatic carbocycles. The summed E-state index contributed by atoms with van der Waals surface area (Å²) in [6, 6.07) is 16.7. The summed E-state index contributed by atoms with van der Waals surface area (Å²) in [6.07, 6.45) is 6.47. The van der Waals surface area contributed by atoms with Crippen molar-refractivity contribution in [2.75, 3.05) is 7.11 Å². The molecule has 0 fully saturated rings. The van der Waals surface area contributed by atoms with E-state index in [9.17, 15) is 0 Å². The van der Waals surface area contributed by atoms with E-state index in [4.69, 9.17) is 9.47 Å². The van der Waals surface area contributed by atoms with Crippen LogP contribution < -0.4 is 9.47 Å². The van der Waals surface area contributed by atoms with Crippen LogP contribution >= 0.6 is 0 Å². The van der Waals surface area contributed by atoms with E-state index in [0.717, 1.165) is 17.3 Å². The van der Waals surface area contributed by atoms with Gasteiger partial charge in [0.05, 0.1) is 7.11 Å². The lowest BCUT2D eigenvalue weighted by molar-refractivity contribution is 0.414. The molecule has 2 atom stereocenters. The molecule has 26 heavy (non-hydrogen) atoms. The lowest BCUT2D eigenvalue weighted by atomic mass is 9.78. The Bertz CT molecular complexity index is 795. The molecule has 2 aromatic rings. The maximum atomic E-state index is 6.04. The smallest absolute Gasteiger partial charge is 0.127 e. The highest BCUT2D eigenvalue weighted by Gasteiger charge is 2.23. The third kappa shape index (κ3) is 3.85. The molecule has 0 bridgehead atoms. The molecule has 0 saturated heterocycles. The maximum absolute atomic E-state index is 6.04. The van der Waals surface area contributed by atoms with E-state index in [0.29, 0.717) is 11.8 Å². The van der Waals surface area contributed by atoms with Crippen molar-refractivity contribution in [1.29, 1.82) is 0 Å². The fourth-order valence-corrected chi connectivity index (χ4v) is 3.21. The van der Waals surface area contributed by atoms with E-state index in [1.54, 1.807) is 7.11 Å². The van der Waals surface area contributed by atoms with E-state index in [2.05, 4.69) is 82.3 Å². The molecule has 0 heterocycles. The highest BCUT2D eigenvalue weighted by molar-refractivity contribution is 5.42. The summed E-state index contributed by atoms with van der Waals surface area (Å²) >= 11 is 0. The first-order chi connectivity index (χ1) is 12.4. The lowest BCUT2D eigenvalue weighted by Gasteiger charge is -2.26. The van der Waals surface area contributed by atoms with Crippen molar-refractivity contribution in [3.63, 3.8) is 0 Å². The van der Waals surface area contributed by atoms with Gasteiger partial charge in [-0.05, 0) is 59.4 Å². The van der Waals surface area contributed by atoms with Gasteiger partial charge in [0, 0.05) is 5.41 Å². The van der Waals surface area contributed by atoms with Gasteiger partial charge < -0.3 is 9.47 Å². The summed E-state index contributed by atoms with van der Waals surface area (Å²) in [4.78, 5) is 0. The number of hydrogen-bond donors (Lipinski definition) is 0. The molecule has 0 aromatic heterocycles. The van der Waals surface area contributed by atoms with Crippen LogP contribution in [0, 0.1) is 11.8 Å². The number of rotatable bonds is 5. The van der Waals surface area contributed by atoms with Crippen molar-refractivity contribution in [3.05, 3.63) is 83.6 Å². The monoisotopic (exact) mass is 348 g/mol. The van der Waals surface area contributed by atoms with Gasteiger partial charge in [-0.15, -0.1) is 0 Å². The van der Waals surface area contributed by atoms with Crippen LogP contribution in [0.1, 0.15) is 38.8 Å². The zero-order valence-corrected chi connectivity index (χ0v) is 16.3. The van der Waals surface area contributed by atoms with Crippen molar-refractivity contribution in [3.8, 4) is 11.5 Å². The van der Waals surface area contributed by atoms with Crippen LogP contribution in [0.15, 0.2) is 72.5 Å². The molecule has 1 aliphatic rings. The van der Waals surface area contributed by atoms with Crippen LogP contribution in [-0.4, -0.2) is 7.11 Å². The van der Waals surface area contributed by atoms with E-state index in [-0.39, 0.29) is 5.41 Å². The largest absolute Gasteiger partial charge is 0.497 e. The molecule has 0 aliphatic heterocycles. The molecule has 0 radical (unpaired) electrons. The average molecular weight is 348 g/mol. The second-order valence-electron chi connectivity index (χ2n) is 7.63. The van der Waals surface area contributed by atoms with Crippen LogP contribution in [-0.2, 0) is 5.41 Å². The SMILES string of the molecule is COc1ccc(C(C)(C)c2ccc(OC3=CC(C)C(C)C=C3)cc2)cc1. The zero-order valence-electron chi connectivity index (χ0n) is 16.3. The predicted molar refractivity (Wildman–Crippen MR) is 108 cm³/mol. The highest BCUT2D eigenvalue weighted by atomic mass is 16.5. The quantitative estimate of drug-likeness (QED) is 0.647. The third-order valence-corrected chi connectivity index (χ3v) is 5.44. The van der Waals surface area contributed by atoms with E-state index in [1.165, 1.54) is 11.1 Å². The van der Waals surface area contributed by atoms with Crippen LogP contribution in [0.5, 0.6) is 11.5 Å². The number of benzene rings is 2. The Kier molecular flexibility index (Phi) is 5.22. The van der Waals surface area contributed by atoms with Crippen LogP contribution in [0.2, 0.25) is 0 Å². The Balaban J connectivity index is 1.76. The first-order valence-corrected chi connectivity index (χ1v) is 9.23. The fraction of sp³-hybridized carbons (Fsp3) is 0.333. The van der Waals surface area contributed by atoms with Crippen LogP contribution in [0.3, 0.4) is 0 Å². The second-order valence-corrected chi connectivity index (χ2v) is 7.63. The van der Waals surface area contributed by atoms with Crippen molar-refractivity contribution >= 4 is 0 Å². The number of methoxy groups -OCH3 is 1. The van der Waals surface area contributed by atoms with Gasteiger partial charge in [-0.25, -0.2) is 0 Å². The van der Waals surface area contributed by atoms with Gasteiger partial charge in [0.2, 0.25) is 0 Å². The Morgan fingerprint density at radius 3 is 1.81 bits per heavy atom. The molecular weight excluding hydrogens is 320 g/mol. The minimum Gasteiger partial charge on any atom is -0.497 e. The predicted octanol–water partition coefficient (Wildman–Crippen LogP) is 6.13. The molecule has 1 aliphatic carbocycles. The Labute approximate surface area is 157 Å². The van der Waals surface area contributed by atoms with Gasteiger partial charge in [-0.1, -0.05) is 58.0 Å². The van der Waals surface area contributed by atoms with E-state index >= 15 is 0 Å². The molecule has 2 unspecified atom stereocenters. The third-order valence-electron chi connectivity index (χ3n) is 5.44. The van der Waals surface area contributed by atoms with Gasteiger partial charge in [-0.3, -0.25) is 0 Å². The van der Waals surface area contributed by atoms with Crippen LogP contribution in [0.25, 0.3) is 0 Å². The summed E-state index contributed by atoms with van der Waals surface area (Å²) in [5.41, 5.74) is 2.43. The van der Waals surface area contributed by atoms with Gasteiger partial charge in [0.25, 0.3) is 0 Å². The van der Waals surface area contributed by atoms with Gasteiger partial charge in [0.1, 0.15) is 17.3 Å². The fourth-order valence-electron chi connectivity index (χ4n) is 3.21. The summed E-state index contributed by atoms with van der Waals surface area (Å²) < 4.78 is 11.3. The summed E-state index contributed by atoms with van der Waals surface area (Å²) in [5.74, 6) is 3.75.